The third kappa shape index (κ3) is 2.24. The lowest BCUT2D eigenvalue weighted by Crippen LogP contribution is -2.57. The number of carbonyl (C=O) groups is 2. The van der Waals surface area contributed by atoms with Crippen LogP contribution in [0.2, 0.25) is 0 Å². The zero-order valence-electron chi connectivity index (χ0n) is 10.8. The number of para-hydroxylation sites is 1. The van der Waals surface area contributed by atoms with Crippen LogP contribution in [-0.4, -0.2) is 40.1 Å². The number of carbonyl (C=O) groups excluding carboxylic acids is 1. The first-order chi connectivity index (χ1) is 9.61. The maximum Gasteiger partial charge on any atom is 0.330 e. The van der Waals surface area contributed by atoms with E-state index in [9.17, 15) is 14.7 Å². The molecule has 3 rings (SSSR count). The van der Waals surface area contributed by atoms with E-state index in [2.05, 4.69) is 5.32 Å². The van der Waals surface area contributed by atoms with E-state index in [1.54, 1.807) is 11.8 Å². The number of carboxylic acids is 1. The first-order valence-electron chi connectivity index (χ1n) is 6.48. The molecule has 0 saturated carbocycles. The van der Waals surface area contributed by atoms with Crippen LogP contribution >= 0.6 is 11.8 Å². The van der Waals surface area contributed by atoms with Gasteiger partial charge in [-0.1, -0.05) is 18.2 Å². The summed E-state index contributed by atoms with van der Waals surface area (Å²) in [4.78, 5) is 23.7. The molecule has 106 valence electrons. The molecular formula is C14H15NO4S. The van der Waals surface area contributed by atoms with Gasteiger partial charge in [-0.2, -0.15) is 11.8 Å². The van der Waals surface area contributed by atoms with Gasteiger partial charge in [-0.25, -0.2) is 4.79 Å². The molecule has 0 aromatic heterocycles. The van der Waals surface area contributed by atoms with E-state index >= 15 is 0 Å². The van der Waals surface area contributed by atoms with Crippen molar-refractivity contribution in [3.05, 3.63) is 29.8 Å². The van der Waals surface area contributed by atoms with Gasteiger partial charge < -0.3 is 15.2 Å². The third-order valence-corrected chi connectivity index (χ3v) is 4.92. The quantitative estimate of drug-likeness (QED) is 0.872. The second-order valence-corrected chi connectivity index (χ2v) is 6.20. The van der Waals surface area contributed by atoms with Crippen LogP contribution in [0.5, 0.6) is 5.75 Å². The SMILES string of the molecule is O=C(NC1(C(=O)O)CCSC1)C1Cc2ccccc2O1. The normalized spacial score (nSPS) is 27.7. The monoisotopic (exact) mass is 293 g/mol. The number of ether oxygens (including phenoxy) is 1. The lowest BCUT2D eigenvalue weighted by molar-refractivity contribution is -0.147. The average molecular weight is 293 g/mol. The molecule has 0 spiro atoms. The Hall–Kier alpha value is -1.69. The average Bonchev–Trinajstić information content (AvgIpc) is 3.05. The summed E-state index contributed by atoms with van der Waals surface area (Å²) in [6.45, 7) is 0. The first kappa shape index (κ1) is 13.3. The maximum absolute atomic E-state index is 12.3. The predicted molar refractivity (Wildman–Crippen MR) is 75.0 cm³/mol. The molecule has 0 aliphatic carbocycles. The minimum Gasteiger partial charge on any atom is -0.480 e. The number of hydrogen-bond acceptors (Lipinski definition) is 4. The van der Waals surface area contributed by atoms with E-state index in [4.69, 9.17) is 4.74 Å². The molecule has 5 nitrogen and oxygen atoms in total. The summed E-state index contributed by atoms with van der Waals surface area (Å²) in [5, 5.41) is 12.0. The molecule has 2 N–H and O–H groups in total. The largest absolute Gasteiger partial charge is 0.480 e. The molecule has 1 amide bonds. The molecule has 2 aliphatic rings. The molecule has 1 aromatic rings. The van der Waals surface area contributed by atoms with Gasteiger partial charge in [0.1, 0.15) is 11.3 Å². The van der Waals surface area contributed by atoms with E-state index in [0.29, 0.717) is 24.3 Å². The van der Waals surface area contributed by atoms with Crippen molar-refractivity contribution >= 4 is 23.6 Å². The van der Waals surface area contributed by atoms with E-state index < -0.39 is 17.6 Å². The molecular weight excluding hydrogens is 278 g/mol. The van der Waals surface area contributed by atoms with Crippen molar-refractivity contribution in [3.63, 3.8) is 0 Å². The summed E-state index contributed by atoms with van der Waals surface area (Å²) >= 11 is 1.54. The summed E-state index contributed by atoms with van der Waals surface area (Å²) in [6.07, 6.45) is 0.317. The number of rotatable bonds is 3. The molecule has 1 aromatic carbocycles. The van der Waals surface area contributed by atoms with Gasteiger partial charge in [0, 0.05) is 12.2 Å². The molecule has 0 bridgehead atoms. The minimum atomic E-state index is -1.14. The van der Waals surface area contributed by atoms with Gasteiger partial charge in [0.25, 0.3) is 5.91 Å². The smallest absolute Gasteiger partial charge is 0.330 e. The van der Waals surface area contributed by atoms with Crippen LogP contribution in [0.1, 0.15) is 12.0 Å². The molecule has 1 fully saturated rings. The van der Waals surface area contributed by atoms with Crippen LogP contribution in [0.15, 0.2) is 24.3 Å². The molecule has 1 saturated heterocycles. The zero-order chi connectivity index (χ0) is 14.2. The van der Waals surface area contributed by atoms with Gasteiger partial charge in [-0.3, -0.25) is 4.79 Å². The van der Waals surface area contributed by atoms with Gasteiger partial charge >= 0.3 is 5.97 Å². The van der Waals surface area contributed by atoms with Crippen molar-refractivity contribution in [3.8, 4) is 5.75 Å². The Morgan fingerprint density at radius 1 is 1.40 bits per heavy atom. The van der Waals surface area contributed by atoms with Crippen LogP contribution in [0.25, 0.3) is 0 Å². The lowest BCUT2D eigenvalue weighted by atomic mass is 9.98. The number of fused-ring (bicyclic) bond motifs is 1. The minimum absolute atomic E-state index is 0.342. The number of thioether (sulfide) groups is 1. The fourth-order valence-electron chi connectivity index (χ4n) is 2.53. The second kappa shape index (κ2) is 5.01. The highest BCUT2D eigenvalue weighted by Crippen LogP contribution is 2.31. The van der Waals surface area contributed by atoms with Gasteiger partial charge in [0.15, 0.2) is 6.10 Å². The Bertz CT molecular complexity index is 529. The zero-order valence-corrected chi connectivity index (χ0v) is 11.6. The van der Waals surface area contributed by atoms with Crippen LogP contribution in [0.3, 0.4) is 0 Å². The van der Waals surface area contributed by atoms with Crippen molar-refractivity contribution in [1.82, 2.24) is 5.32 Å². The summed E-state index contributed by atoms with van der Waals surface area (Å²) in [5.74, 6) is 0.557. The van der Waals surface area contributed by atoms with Gasteiger partial charge in [-0.05, 0) is 23.8 Å². The lowest BCUT2D eigenvalue weighted by Gasteiger charge is -2.26. The first-order valence-corrected chi connectivity index (χ1v) is 7.64. The summed E-state index contributed by atoms with van der Waals surface area (Å²) in [5.41, 5.74) is -0.155. The summed E-state index contributed by atoms with van der Waals surface area (Å²) in [7, 11) is 0. The second-order valence-electron chi connectivity index (χ2n) is 5.10. The Kier molecular flexibility index (Phi) is 3.33. The molecule has 2 unspecified atom stereocenters. The van der Waals surface area contributed by atoms with Gasteiger partial charge in [0.2, 0.25) is 0 Å². The molecule has 2 heterocycles. The standard InChI is InChI=1S/C14H15NO4S/c16-12(15-14(13(17)18)5-6-20-8-14)11-7-9-3-1-2-4-10(9)19-11/h1-4,11H,5-8H2,(H,15,16)(H,17,18). The van der Waals surface area contributed by atoms with Crippen LogP contribution in [0, 0.1) is 0 Å². The predicted octanol–water partition coefficient (Wildman–Crippen LogP) is 1.07. The topological polar surface area (TPSA) is 75.6 Å². The Morgan fingerprint density at radius 2 is 2.20 bits per heavy atom. The van der Waals surface area contributed by atoms with E-state index in [1.807, 2.05) is 24.3 Å². The number of benzene rings is 1. The van der Waals surface area contributed by atoms with E-state index in [1.165, 1.54) is 0 Å². The number of aliphatic carboxylic acids is 1. The Morgan fingerprint density at radius 3 is 2.85 bits per heavy atom. The molecule has 6 heteroatoms. The summed E-state index contributed by atoms with van der Waals surface area (Å²) < 4.78 is 5.59. The maximum atomic E-state index is 12.3. The molecule has 20 heavy (non-hydrogen) atoms. The highest BCUT2D eigenvalue weighted by molar-refractivity contribution is 7.99. The fraction of sp³-hybridized carbons (Fsp3) is 0.429. The van der Waals surface area contributed by atoms with Crippen LogP contribution < -0.4 is 10.1 Å². The van der Waals surface area contributed by atoms with Crippen LogP contribution in [-0.2, 0) is 16.0 Å². The van der Waals surface area contributed by atoms with Crippen molar-refractivity contribution in [1.29, 1.82) is 0 Å². The van der Waals surface area contributed by atoms with Crippen LogP contribution in [0.4, 0.5) is 0 Å². The number of hydrogen-bond donors (Lipinski definition) is 2. The van der Waals surface area contributed by atoms with Gasteiger partial charge in [0.05, 0.1) is 0 Å². The van der Waals surface area contributed by atoms with Crippen molar-refractivity contribution in [2.75, 3.05) is 11.5 Å². The highest BCUT2D eigenvalue weighted by atomic mass is 32.2. The molecule has 2 aliphatic heterocycles. The number of nitrogens with one attached hydrogen (secondary N) is 1. The number of amides is 1. The van der Waals surface area contributed by atoms with Crippen molar-refractivity contribution in [2.45, 2.75) is 24.5 Å². The third-order valence-electron chi connectivity index (χ3n) is 3.73. The fourth-order valence-corrected chi connectivity index (χ4v) is 3.86. The Balaban J connectivity index is 1.71. The van der Waals surface area contributed by atoms with Crippen molar-refractivity contribution in [2.24, 2.45) is 0 Å². The highest BCUT2D eigenvalue weighted by Gasteiger charge is 2.45. The summed E-state index contributed by atoms with van der Waals surface area (Å²) in [6, 6.07) is 7.49. The molecule has 2 atom stereocenters. The van der Waals surface area contributed by atoms with E-state index in [0.717, 1.165) is 11.3 Å². The molecule has 0 radical (unpaired) electrons. The number of carboxylic acid groups (broad SMARTS) is 1. The van der Waals surface area contributed by atoms with Gasteiger partial charge in [-0.15, -0.1) is 0 Å². The van der Waals surface area contributed by atoms with E-state index in [-0.39, 0.29) is 5.91 Å². The Labute approximate surface area is 120 Å². The van der Waals surface area contributed by atoms with Crippen molar-refractivity contribution < 1.29 is 19.4 Å².